The van der Waals surface area contributed by atoms with Crippen LogP contribution in [-0.2, 0) is 4.79 Å². The highest BCUT2D eigenvalue weighted by molar-refractivity contribution is 5.76. The minimum Gasteiger partial charge on any atom is -0.356 e. The van der Waals surface area contributed by atoms with Gasteiger partial charge in [0.2, 0.25) is 5.91 Å². The van der Waals surface area contributed by atoms with Crippen LogP contribution in [0.4, 0.5) is 0 Å². The summed E-state index contributed by atoms with van der Waals surface area (Å²) in [6.45, 7) is 7.60. The van der Waals surface area contributed by atoms with E-state index in [0.717, 1.165) is 19.6 Å². The average molecular weight is 252 g/mol. The van der Waals surface area contributed by atoms with Crippen molar-refractivity contribution in [1.29, 1.82) is 0 Å². The molecule has 1 saturated carbocycles. The second kappa shape index (κ2) is 6.05. The van der Waals surface area contributed by atoms with Gasteiger partial charge in [-0.15, -0.1) is 0 Å². The number of piperidine rings is 1. The summed E-state index contributed by atoms with van der Waals surface area (Å²) in [6.07, 6.45) is 7.04. The Morgan fingerprint density at radius 2 is 2.28 bits per heavy atom. The number of rotatable bonds is 6. The van der Waals surface area contributed by atoms with Gasteiger partial charge in [0.1, 0.15) is 0 Å². The first-order valence-corrected chi connectivity index (χ1v) is 7.63. The Kier molecular flexibility index (Phi) is 4.66. The van der Waals surface area contributed by atoms with Crippen LogP contribution >= 0.6 is 0 Å². The third-order valence-electron chi connectivity index (χ3n) is 5.01. The van der Waals surface area contributed by atoms with Gasteiger partial charge in [0.25, 0.3) is 0 Å². The fourth-order valence-corrected chi connectivity index (χ4v) is 3.01. The van der Waals surface area contributed by atoms with Gasteiger partial charge in [-0.1, -0.05) is 13.8 Å². The molecule has 0 aromatic heterocycles. The summed E-state index contributed by atoms with van der Waals surface area (Å²) in [7, 11) is 0. The molecule has 2 rings (SSSR count). The fourth-order valence-electron chi connectivity index (χ4n) is 3.01. The van der Waals surface area contributed by atoms with Gasteiger partial charge in [-0.05, 0) is 62.4 Å². The van der Waals surface area contributed by atoms with Gasteiger partial charge in [0, 0.05) is 13.0 Å². The lowest BCUT2D eigenvalue weighted by atomic mass is 9.85. The van der Waals surface area contributed by atoms with Gasteiger partial charge in [-0.3, -0.25) is 4.79 Å². The smallest absolute Gasteiger partial charge is 0.220 e. The standard InChI is InChI=1S/C15H28N2O/c1-3-15(6-7-15)11-17-14(18)9-12(2)13-5-4-8-16-10-13/h12-13,16H,3-11H2,1-2H3,(H,17,18). The highest BCUT2D eigenvalue weighted by Gasteiger charge is 2.40. The lowest BCUT2D eigenvalue weighted by molar-refractivity contribution is -0.122. The normalized spacial score (nSPS) is 27.6. The topological polar surface area (TPSA) is 41.1 Å². The zero-order valence-corrected chi connectivity index (χ0v) is 11.9. The molecule has 0 aromatic carbocycles. The molecule has 2 fully saturated rings. The molecule has 3 nitrogen and oxygen atoms in total. The van der Waals surface area contributed by atoms with Gasteiger partial charge in [0.15, 0.2) is 0 Å². The molecule has 1 aliphatic heterocycles. The predicted octanol–water partition coefficient (Wildman–Crippen LogP) is 2.32. The van der Waals surface area contributed by atoms with Crippen molar-refractivity contribution in [2.24, 2.45) is 17.3 Å². The van der Waals surface area contributed by atoms with Crippen LogP contribution in [0, 0.1) is 17.3 Å². The van der Waals surface area contributed by atoms with Crippen LogP contribution in [0.2, 0.25) is 0 Å². The maximum Gasteiger partial charge on any atom is 0.220 e. The van der Waals surface area contributed by atoms with E-state index < -0.39 is 0 Å². The summed E-state index contributed by atoms with van der Waals surface area (Å²) < 4.78 is 0. The lowest BCUT2D eigenvalue weighted by Crippen LogP contribution is -2.36. The maximum atomic E-state index is 12.0. The SMILES string of the molecule is CCC1(CNC(=O)CC(C)C2CCCNC2)CC1. The summed E-state index contributed by atoms with van der Waals surface area (Å²) in [4.78, 5) is 12.0. The summed E-state index contributed by atoms with van der Waals surface area (Å²) in [5, 5.41) is 6.58. The fraction of sp³-hybridized carbons (Fsp3) is 0.933. The molecule has 18 heavy (non-hydrogen) atoms. The molecule has 1 amide bonds. The molecule has 0 bridgehead atoms. The van der Waals surface area contributed by atoms with E-state index in [1.54, 1.807) is 0 Å². The zero-order chi connectivity index (χ0) is 13.0. The van der Waals surface area contributed by atoms with Crippen molar-refractivity contribution in [3.63, 3.8) is 0 Å². The Morgan fingerprint density at radius 1 is 1.50 bits per heavy atom. The quantitative estimate of drug-likeness (QED) is 0.761. The molecule has 2 N–H and O–H groups in total. The Hall–Kier alpha value is -0.570. The Labute approximate surface area is 111 Å². The highest BCUT2D eigenvalue weighted by Crippen LogP contribution is 2.47. The third-order valence-corrected chi connectivity index (χ3v) is 5.01. The molecule has 0 aromatic rings. The second-order valence-electron chi connectivity index (χ2n) is 6.42. The van der Waals surface area contributed by atoms with E-state index in [1.165, 1.54) is 32.1 Å². The molecule has 2 unspecified atom stereocenters. The van der Waals surface area contributed by atoms with Gasteiger partial charge in [-0.25, -0.2) is 0 Å². The minimum atomic E-state index is 0.257. The molecule has 1 aliphatic carbocycles. The number of nitrogens with one attached hydrogen (secondary N) is 2. The van der Waals surface area contributed by atoms with Crippen molar-refractivity contribution in [2.45, 2.75) is 52.4 Å². The molecular weight excluding hydrogens is 224 g/mol. The lowest BCUT2D eigenvalue weighted by Gasteiger charge is -2.28. The summed E-state index contributed by atoms with van der Waals surface area (Å²) in [5.41, 5.74) is 0.464. The van der Waals surface area contributed by atoms with Crippen LogP contribution in [0.25, 0.3) is 0 Å². The molecule has 3 heteroatoms. The maximum absolute atomic E-state index is 12.0. The molecule has 1 saturated heterocycles. The number of hydrogen-bond donors (Lipinski definition) is 2. The molecule has 1 heterocycles. The Morgan fingerprint density at radius 3 is 2.83 bits per heavy atom. The van der Waals surface area contributed by atoms with Crippen molar-refractivity contribution >= 4 is 5.91 Å². The van der Waals surface area contributed by atoms with E-state index in [9.17, 15) is 4.79 Å². The van der Waals surface area contributed by atoms with Crippen LogP contribution in [-0.4, -0.2) is 25.5 Å². The molecule has 0 radical (unpaired) electrons. The predicted molar refractivity (Wildman–Crippen MR) is 74.3 cm³/mol. The largest absolute Gasteiger partial charge is 0.356 e. The number of carbonyl (C=O) groups is 1. The van der Waals surface area contributed by atoms with Crippen molar-refractivity contribution in [2.75, 3.05) is 19.6 Å². The zero-order valence-electron chi connectivity index (χ0n) is 11.9. The van der Waals surface area contributed by atoms with E-state index in [-0.39, 0.29) is 5.91 Å². The van der Waals surface area contributed by atoms with Crippen molar-refractivity contribution in [1.82, 2.24) is 10.6 Å². The molecule has 0 spiro atoms. The minimum absolute atomic E-state index is 0.257. The van der Waals surface area contributed by atoms with Gasteiger partial charge >= 0.3 is 0 Å². The highest BCUT2D eigenvalue weighted by atomic mass is 16.1. The van der Waals surface area contributed by atoms with Crippen molar-refractivity contribution in [3.05, 3.63) is 0 Å². The summed E-state index contributed by atoms with van der Waals surface area (Å²) in [5.74, 6) is 1.45. The van der Waals surface area contributed by atoms with Crippen LogP contribution in [0.1, 0.15) is 52.4 Å². The first-order chi connectivity index (χ1) is 8.65. The van der Waals surface area contributed by atoms with E-state index in [4.69, 9.17) is 0 Å². The molecular formula is C15H28N2O. The van der Waals surface area contributed by atoms with Gasteiger partial charge in [-0.2, -0.15) is 0 Å². The van der Waals surface area contributed by atoms with Crippen LogP contribution in [0.5, 0.6) is 0 Å². The van der Waals surface area contributed by atoms with Crippen molar-refractivity contribution < 1.29 is 4.79 Å². The first-order valence-electron chi connectivity index (χ1n) is 7.63. The average Bonchev–Trinajstić information content (AvgIpc) is 3.18. The third kappa shape index (κ3) is 3.71. The number of hydrogen-bond acceptors (Lipinski definition) is 2. The van der Waals surface area contributed by atoms with E-state index in [1.807, 2.05) is 0 Å². The molecule has 2 aliphatic rings. The van der Waals surface area contributed by atoms with Crippen molar-refractivity contribution in [3.8, 4) is 0 Å². The summed E-state index contributed by atoms with van der Waals surface area (Å²) >= 11 is 0. The van der Waals surface area contributed by atoms with Crippen LogP contribution in [0.3, 0.4) is 0 Å². The van der Waals surface area contributed by atoms with Crippen LogP contribution in [0.15, 0.2) is 0 Å². The second-order valence-corrected chi connectivity index (χ2v) is 6.42. The monoisotopic (exact) mass is 252 g/mol. The van der Waals surface area contributed by atoms with Gasteiger partial charge in [0.05, 0.1) is 0 Å². The van der Waals surface area contributed by atoms with E-state index in [2.05, 4.69) is 24.5 Å². The Bertz CT molecular complexity index is 280. The van der Waals surface area contributed by atoms with Gasteiger partial charge < -0.3 is 10.6 Å². The molecule has 104 valence electrons. The number of amides is 1. The summed E-state index contributed by atoms with van der Waals surface area (Å²) in [6, 6.07) is 0. The first kappa shape index (κ1) is 13.9. The van der Waals surface area contributed by atoms with E-state index >= 15 is 0 Å². The van der Waals surface area contributed by atoms with E-state index in [0.29, 0.717) is 23.7 Å². The Balaban J connectivity index is 1.66. The van der Waals surface area contributed by atoms with Crippen LogP contribution < -0.4 is 10.6 Å². The molecule has 2 atom stereocenters. The number of carbonyl (C=O) groups excluding carboxylic acids is 1.